The minimum Gasteiger partial charge on any atom is -0.488 e. The maximum absolute atomic E-state index is 12.0. The highest BCUT2D eigenvalue weighted by molar-refractivity contribution is 5.46. The number of alkyl halides is 3. The molecule has 1 aliphatic rings. The van der Waals surface area contributed by atoms with Crippen LogP contribution in [0.5, 0.6) is 11.5 Å². The molecule has 5 heteroatoms. The third kappa shape index (κ3) is 3.05. The second kappa shape index (κ2) is 3.82. The topological polar surface area (TPSA) is 18.5 Å². The van der Waals surface area contributed by atoms with E-state index < -0.39 is 6.36 Å². The summed E-state index contributed by atoms with van der Waals surface area (Å²) in [6, 6.07) is 4.08. The zero-order valence-corrected chi connectivity index (χ0v) is 9.47. The number of rotatable bonds is 1. The first-order chi connectivity index (χ1) is 7.75. The van der Waals surface area contributed by atoms with Crippen LogP contribution in [0.4, 0.5) is 13.2 Å². The molecule has 93 valence electrons. The lowest BCUT2D eigenvalue weighted by atomic mass is 9.94. The van der Waals surface area contributed by atoms with Crippen molar-refractivity contribution in [2.24, 2.45) is 0 Å². The van der Waals surface area contributed by atoms with Crippen LogP contribution in [0.1, 0.15) is 25.8 Å². The number of hydrogen-bond donors (Lipinski definition) is 0. The highest BCUT2D eigenvalue weighted by Gasteiger charge is 2.32. The fourth-order valence-corrected chi connectivity index (χ4v) is 1.67. The van der Waals surface area contributed by atoms with Crippen LogP contribution >= 0.6 is 0 Å². The highest BCUT2D eigenvalue weighted by Crippen LogP contribution is 2.37. The maximum Gasteiger partial charge on any atom is 0.573 e. The summed E-state index contributed by atoms with van der Waals surface area (Å²) < 4.78 is 45.6. The van der Waals surface area contributed by atoms with Gasteiger partial charge < -0.3 is 9.47 Å². The van der Waals surface area contributed by atoms with Crippen LogP contribution in [-0.4, -0.2) is 12.0 Å². The first-order valence-electron chi connectivity index (χ1n) is 5.17. The van der Waals surface area contributed by atoms with E-state index in [0.29, 0.717) is 17.7 Å². The molecule has 0 bridgehead atoms. The van der Waals surface area contributed by atoms with Crippen molar-refractivity contribution in [3.05, 3.63) is 30.2 Å². The summed E-state index contributed by atoms with van der Waals surface area (Å²) in [6.45, 7) is 3.85. The Labute approximate surface area is 97.3 Å². The van der Waals surface area contributed by atoms with Gasteiger partial charge in [0.2, 0.25) is 0 Å². The molecule has 17 heavy (non-hydrogen) atoms. The van der Waals surface area contributed by atoms with Crippen molar-refractivity contribution in [3.8, 4) is 11.5 Å². The van der Waals surface area contributed by atoms with Gasteiger partial charge in [0.15, 0.2) is 0 Å². The molecule has 0 amide bonds. The normalized spacial score (nSPS) is 18.2. The molecule has 0 N–H and O–H groups in total. The second-order valence-electron chi connectivity index (χ2n) is 4.52. The summed E-state index contributed by atoms with van der Waals surface area (Å²) in [7, 11) is 0. The molecular formula is C12H12F3O2. The molecule has 0 atom stereocenters. The molecule has 0 aliphatic carbocycles. The number of halogens is 3. The molecule has 1 heterocycles. The summed E-state index contributed by atoms with van der Waals surface area (Å²) in [5.41, 5.74) is 0.311. The summed E-state index contributed by atoms with van der Waals surface area (Å²) >= 11 is 0. The van der Waals surface area contributed by atoms with Crippen LogP contribution in [0, 0.1) is 6.42 Å². The van der Waals surface area contributed by atoms with Crippen LogP contribution < -0.4 is 9.47 Å². The Balaban J connectivity index is 2.22. The molecule has 0 unspecified atom stereocenters. The lowest BCUT2D eigenvalue weighted by molar-refractivity contribution is -0.274. The third-order valence-corrected chi connectivity index (χ3v) is 2.41. The van der Waals surface area contributed by atoms with Crippen molar-refractivity contribution in [1.29, 1.82) is 0 Å². The van der Waals surface area contributed by atoms with Crippen LogP contribution in [0.15, 0.2) is 18.2 Å². The highest BCUT2D eigenvalue weighted by atomic mass is 19.4. The van der Waals surface area contributed by atoms with Gasteiger partial charge in [0, 0.05) is 5.56 Å². The standard InChI is InChI=1S/C12H12F3O2/c1-11(2)6-5-8-7-9(16-12(13,14)15)3-4-10(8)17-11/h3-5,7H,6H2,1-2H3. The van der Waals surface area contributed by atoms with E-state index in [1.807, 2.05) is 20.3 Å². The van der Waals surface area contributed by atoms with E-state index in [-0.39, 0.29) is 11.4 Å². The fourth-order valence-electron chi connectivity index (χ4n) is 1.67. The molecule has 0 spiro atoms. The van der Waals surface area contributed by atoms with E-state index >= 15 is 0 Å². The zero-order chi connectivity index (χ0) is 12.7. The Morgan fingerprint density at radius 1 is 1.29 bits per heavy atom. The summed E-state index contributed by atoms with van der Waals surface area (Å²) in [5.74, 6) is 0.353. The second-order valence-corrected chi connectivity index (χ2v) is 4.52. The zero-order valence-electron chi connectivity index (χ0n) is 9.47. The molecule has 0 saturated carbocycles. The van der Waals surface area contributed by atoms with Gasteiger partial charge in [0.05, 0.1) is 0 Å². The Kier molecular flexibility index (Phi) is 2.72. The molecule has 1 aliphatic heterocycles. The van der Waals surface area contributed by atoms with Gasteiger partial charge in [-0.05, 0) is 44.9 Å². The summed E-state index contributed by atoms with van der Waals surface area (Å²) in [4.78, 5) is 0. The van der Waals surface area contributed by atoms with Gasteiger partial charge >= 0.3 is 6.36 Å². The Bertz CT molecular complexity index is 424. The van der Waals surface area contributed by atoms with Gasteiger partial charge in [0.1, 0.15) is 17.1 Å². The molecule has 0 saturated heterocycles. The smallest absolute Gasteiger partial charge is 0.488 e. The van der Waals surface area contributed by atoms with Crippen molar-refractivity contribution < 1.29 is 22.6 Å². The maximum atomic E-state index is 12.0. The molecule has 1 aromatic carbocycles. The molecule has 1 aromatic rings. The fraction of sp³-hybridized carbons (Fsp3) is 0.417. The van der Waals surface area contributed by atoms with E-state index in [9.17, 15) is 13.2 Å². The minimum atomic E-state index is -4.66. The molecule has 1 radical (unpaired) electrons. The molecular weight excluding hydrogens is 233 g/mol. The van der Waals surface area contributed by atoms with Gasteiger partial charge in [-0.25, -0.2) is 0 Å². The van der Waals surface area contributed by atoms with Crippen molar-refractivity contribution in [2.45, 2.75) is 32.2 Å². The third-order valence-electron chi connectivity index (χ3n) is 2.41. The summed E-state index contributed by atoms with van der Waals surface area (Å²) in [5, 5.41) is 0. The quantitative estimate of drug-likeness (QED) is 0.751. The van der Waals surface area contributed by atoms with Gasteiger partial charge in [-0.1, -0.05) is 0 Å². The first-order valence-corrected chi connectivity index (χ1v) is 5.17. The average Bonchev–Trinajstić information content (AvgIpc) is 2.15. The lowest BCUT2D eigenvalue weighted by Gasteiger charge is -2.32. The Morgan fingerprint density at radius 3 is 2.65 bits per heavy atom. The van der Waals surface area contributed by atoms with Crippen LogP contribution in [0.2, 0.25) is 0 Å². The van der Waals surface area contributed by atoms with Gasteiger partial charge in [-0.3, -0.25) is 0 Å². The number of hydrogen-bond acceptors (Lipinski definition) is 2. The van der Waals surface area contributed by atoms with Crippen molar-refractivity contribution >= 4 is 0 Å². The summed E-state index contributed by atoms with van der Waals surface area (Å²) in [6.07, 6.45) is -2.17. The van der Waals surface area contributed by atoms with E-state index in [0.717, 1.165) is 0 Å². The van der Waals surface area contributed by atoms with Crippen molar-refractivity contribution in [1.82, 2.24) is 0 Å². The van der Waals surface area contributed by atoms with E-state index in [4.69, 9.17) is 4.74 Å². The van der Waals surface area contributed by atoms with Crippen LogP contribution in [0.25, 0.3) is 0 Å². The SMILES string of the molecule is CC1(C)C[CH]c2cc(OC(F)(F)F)ccc2O1. The van der Waals surface area contributed by atoms with E-state index in [1.54, 1.807) is 0 Å². The lowest BCUT2D eigenvalue weighted by Crippen LogP contribution is -2.31. The monoisotopic (exact) mass is 245 g/mol. The van der Waals surface area contributed by atoms with Gasteiger partial charge in [0.25, 0.3) is 0 Å². The molecule has 2 rings (SSSR count). The number of ether oxygens (including phenoxy) is 2. The minimum absolute atomic E-state index is 0.226. The molecule has 0 aromatic heterocycles. The average molecular weight is 245 g/mol. The molecule has 2 nitrogen and oxygen atoms in total. The van der Waals surface area contributed by atoms with Gasteiger partial charge in [-0.2, -0.15) is 0 Å². The van der Waals surface area contributed by atoms with Crippen molar-refractivity contribution in [2.75, 3.05) is 0 Å². The van der Waals surface area contributed by atoms with E-state index in [2.05, 4.69) is 4.74 Å². The Morgan fingerprint density at radius 2 is 2.00 bits per heavy atom. The largest absolute Gasteiger partial charge is 0.573 e. The molecule has 0 fully saturated rings. The van der Waals surface area contributed by atoms with Crippen LogP contribution in [-0.2, 0) is 0 Å². The predicted octanol–water partition coefficient (Wildman–Crippen LogP) is 3.70. The van der Waals surface area contributed by atoms with E-state index in [1.165, 1.54) is 18.2 Å². The van der Waals surface area contributed by atoms with Crippen LogP contribution in [0.3, 0.4) is 0 Å². The van der Waals surface area contributed by atoms with Crippen molar-refractivity contribution in [3.63, 3.8) is 0 Å². The number of benzene rings is 1. The van der Waals surface area contributed by atoms with Gasteiger partial charge in [-0.15, -0.1) is 13.2 Å². The first kappa shape index (κ1) is 12.1. The Hall–Kier alpha value is -1.39. The number of fused-ring (bicyclic) bond motifs is 1. The predicted molar refractivity (Wildman–Crippen MR) is 55.9 cm³/mol.